The van der Waals surface area contributed by atoms with E-state index in [1.165, 1.54) is 12.8 Å². The van der Waals surface area contributed by atoms with Gasteiger partial charge in [0, 0.05) is 25.2 Å². The number of nitrogens with zero attached hydrogens (tertiary/aromatic N) is 3. The molecule has 2 aliphatic rings. The summed E-state index contributed by atoms with van der Waals surface area (Å²) >= 11 is 3.44. The summed E-state index contributed by atoms with van der Waals surface area (Å²) in [4.78, 5) is 8.88. The van der Waals surface area contributed by atoms with Gasteiger partial charge in [0.15, 0.2) is 11.5 Å². The maximum Gasteiger partial charge on any atom is 0.180 e. The number of nitrogens with one attached hydrogen (secondary N) is 1. The summed E-state index contributed by atoms with van der Waals surface area (Å²) in [7, 11) is 0. The van der Waals surface area contributed by atoms with Gasteiger partial charge in [-0.1, -0.05) is 0 Å². The van der Waals surface area contributed by atoms with Gasteiger partial charge in [-0.15, -0.1) is 0 Å². The molecular weight excluding hydrogens is 308 g/mol. The molecule has 19 heavy (non-hydrogen) atoms. The molecule has 0 bridgehead atoms. The highest BCUT2D eigenvalue weighted by Gasteiger charge is 2.40. The monoisotopic (exact) mass is 322 g/mol. The van der Waals surface area contributed by atoms with Crippen molar-refractivity contribution in [2.24, 2.45) is 5.92 Å². The van der Waals surface area contributed by atoms with E-state index in [-0.39, 0.29) is 0 Å². The smallest absolute Gasteiger partial charge is 0.180 e. The Morgan fingerprint density at radius 2 is 2.26 bits per heavy atom. The zero-order chi connectivity index (χ0) is 12.8. The van der Waals surface area contributed by atoms with E-state index < -0.39 is 0 Å². The first-order valence-electron chi connectivity index (χ1n) is 6.68. The number of ether oxygens (including phenoxy) is 1. The van der Waals surface area contributed by atoms with Crippen molar-refractivity contribution in [1.82, 2.24) is 14.4 Å². The standard InChI is InChI=1S/C13H15BrN4O/c14-10-7-18-5-4-15-13(18)12(17-10)16-9-3-6-19-11(9)8-1-2-8/h4-5,7-9,11H,1-3,6H2,(H,16,17). The minimum atomic E-state index is 0.343. The summed E-state index contributed by atoms with van der Waals surface area (Å²) in [5, 5.41) is 3.53. The molecule has 4 rings (SSSR count). The van der Waals surface area contributed by atoms with E-state index in [4.69, 9.17) is 4.74 Å². The average molecular weight is 323 g/mol. The van der Waals surface area contributed by atoms with Crippen LogP contribution in [0.25, 0.3) is 5.65 Å². The zero-order valence-electron chi connectivity index (χ0n) is 10.4. The molecule has 100 valence electrons. The molecule has 1 N–H and O–H groups in total. The second-order valence-corrected chi connectivity index (χ2v) is 6.10. The normalized spacial score (nSPS) is 27.0. The van der Waals surface area contributed by atoms with Gasteiger partial charge in [0.25, 0.3) is 0 Å². The highest BCUT2D eigenvalue weighted by atomic mass is 79.9. The number of imidazole rings is 1. The van der Waals surface area contributed by atoms with Gasteiger partial charge < -0.3 is 14.5 Å². The van der Waals surface area contributed by atoms with E-state index in [9.17, 15) is 0 Å². The van der Waals surface area contributed by atoms with Crippen molar-refractivity contribution in [2.45, 2.75) is 31.4 Å². The second-order valence-electron chi connectivity index (χ2n) is 5.28. The van der Waals surface area contributed by atoms with Gasteiger partial charge in [-0.05, 0) is 41.1 Å². The van der Waals surface area contributed by atoms with Crippen molar-refractivity contribution in [3.63, 3.8) is 0 Å². The molecule has 0 amide bonds. The minimum Gasteiger partial charge on any atom is -0.376 e. The number of hydrogen-bond acceptors (Lipinski definition) is 4. The minimum absolute atomic E-state index is 0.343. The lowest BCUT2D eigenvalue weighted by atomic mass is 10.1. The summed E-state index contributed by atoms with van der Waals surface area (Å²) in [5.74, 6) is 1.57. The number of aromatic nitrogens is 3. The Kier molecular flexibility index (Phi) is 2.73. The van der Waals surface area contributed by atoms with Crippen LogP contribution in [0.3, 0.4) is 0 Å². The molecule has 2 aromatic heterocycles. The van der Waals surface area contributed by atoms with E-state index in [2.05, 4.69) is 31.2 Å². The van der Waals surface area contributed by atoms with Crippen molar-refractivity contribution in [3.8, 4) is 0 Å². The van der Waals surface area contributed by atoms with E-state index in [0.29, 0.717) is 12.1 Å². The molecule has 1 aliphatic carbocycles. The van der Waals surface area contributed by atoms with Crippen molar-refractivity contribution >= 4 is 27.4 Å². The highest BCUT2D eigenvalue weighted by Crippen LogP contribution is 2.39. The molecule has 2 fully saturated rings. The van der Waals surface area contributed by atoms with Crippen LogP contribution < -0.4 is 5.32 Å². The third-order valence-corrected chi connectivity index (χ3v) is 4.27. The number of rotatable bonds is 3. The fraction of sp³-hybridized carbons (Fsp3) is 0.538. The number of hydrogen-bond donors (Lipinski definition) is 1. The van der Waals surface area contributed by atoms with Gasteiger partial charge in [0.05, 0.1) is 12.1 Å². The van der Waals surface area contributed by atoms with Crippen molar-refractivity contribution in [1.29, 1.82) is 0 Å². The fourth-order valence-electron chi connectivity index (χ4n) is 2.83. The molecule has 3 heterocycles. The highest BCUT2D eigenvalue weighted by molar-refractivity contribution is 9.10. The van der Waals surface area contributed by atoms with Crippen LogP contribution in [0.2, 0.25) is 0 Å². The molecule has 5 nitrogen and oxygen atoms in total. The Morgan fingerprint density at radius 3 is 3.11 bits per heavy atom. The van der Waals surface area contributed by atoms with Crippen molar-refractivity contribution < 1.29 is 4.74 Å². The molecule has 2 unspecified atom stereocenters. The third kappa shape index (κ3) is 2.12. The zero-order valence-corrected chi connectivity index (χ0v) is 12.0. The predicted octanol–water partition coefficient (Wildman–Crippen LogP) is 2.47. The van der Waals surface area contributed by atoms with E-state index in [0.717, 1.165) is 35.0 Å². The van der Waals surface area contributed by atoms with E-state index >= 15 is 0 Å². The Balaban J connectivity index is 1.65. The SMILES string of the molecule is Brc1cn2ccnc2c(NC2CCOC2C2CC2)n1. The Morgan fingerprint density at radius 1 is 1.37 bits per heavy atom. The third-order valence-electron chi connectivity index (χ3n) is 3.89. The predicted molar refractivity (Wildman–Crippen MR) is 75.2 cm³/mol. The first kappa shape index (κ1) is 11.7. The van der Waals surface area contributed by atoms with Crippen LogP contribution in [0.4, 0.5) is 5.82 Å². The summed E-state index contributed by atoms with van der Waals surface area (Å²) in [5.41, 5.74) is 0.865. The maximum absolute atomic E-state index is 5.86. The van der Waals surface area contributed by atoms with Crippen LogP contribution >= 0.6 is 15.9 Å². The number of fused-ring (bicyclic) bond motifs is 1. The van der Waals surface area contributed by atoms with Crippen LogP contribution in [0.1, 0.15) is 19.3 Å². The van der Waals surface area contributed by atoms with E-state index in [1.807, 2.05) is 16.8 Å². The lowest BCUT2D eigenvalue weighted by Crippen LogP contribution is -2.31. The molecule has 0 aromatic carbocycles. The quantitative estimate of drug-likeness (QED) is 0.943. The first-order valence-corrected chi connectivity index (χ1v) is 7.48. The van der Waals surface area contributed by atoms with Crippen molar-refractivity contribution in [2.75, 3.05) is 11.9 Å². The lowest BCUT2D eigenvalue weighted by molar-refractivity contribution is 0.0898. The van der Waals surface area contributed by atoms with Crippen LogP contribution in [0.5, 0.6) is 0 Å². The van der Waals surface area contributed by atoms with Gasteiger partial charge >= 0.3 is 0 Å². The molecule has 1 aliphatic heterocycles. The van der Waals surface area contributed by atoms with Gasteiger partial charge in [-0.2, -0.15) is 0 Å². The summed E-state index contributed by atoms with van der Waals surface area (Å²) < 4.78 is 8.64. The molecule has 2 atom stereocenters. The summed E-state index contributed by atoms with van der Waals surface area (Å²) in [6.45, 7) is 0.845. The van der Waals surface area contributed by atoms with E-state index in [1.54, 1.807) is 6.20 Å². The maximum atomic E-state index is 5.86. The van der Waals surface area contributed by atoms with Gasteiger partial charge in [0.2, 0.25) is 0 Å². The first-order chi connectivity index (χ1) is 9.31. The number of anilines is 1. The Bertz CT molecular complexity index is 610. The van der Waals surface area contributed by atoms with Crippen LogP contribution in [0, 0.1) is 5.92 Å². The van der Waals surface area contributed by atoms with Gasteiger partial charge in [-0.25, -0.2) is 9.97 Å². The molecule has 1 saturated carbocycles. The summed E-state index contributed by atoms with van der Waals surface area (Å²) in [6.07, 6.45) is 9.62. The topological polar surface area (TPSA) is 51.5 Å². The fourth-order valence-corrected chi connectivity index (χ4v) is 3.23. The molecule has 2 aromatic rings. The number of halogens is 1. The Labute approximate surface area is 119 Å². The van der Waals surface area contributed by atoms with Gasteiger partial charge in [-0.3, -0.25) is 0 Å². The molecule has 1 saturated heterocycles. The molecule has 0 spiro atoms. The summed E-state index contributed by atoms with van der Waals surface area (Å²) in [6, 6.07) is 0.356. The van der Waals surface area contributed by atoms with Crippen LogP contribution in [-0.4, -0.2) is 33.1 Å². The second kappa shape index (κ2) is 4.45. The van der Waals surface area contributed by atoms with Crippen LogP contribution in [-0.2, 0) is 4.74 Å². The molecule has 0 radical (unpaired) electrons. The Hall–Kier alpha value is -1.14. The van der Waals surface area contributed by atoms with Crippen LogP contribution in [0.15, 0.2) is 23.2 Å². The van der Waals surface area contributed by atoms with Crippen molar-refractivity contribution in [3.05, 3.63) is 23.2 Å². The molecule has 6 heteroatoms. The van der Waals surface area contributed by atoms with Gasteiger partial charge in [0.1, 0.15) is 4.60 Å². The molecular formula is C13H15BrN4O. The average Bonchev–Trinajstić information content (AvgIpc) is 2.94. The largest absolute Gasteiger partial charge is 0.376 e. The lowest BCUT2D eigenvalue weighted by Gasteiger charge is -2.20.